The molecule has 0 fully saturated rings. The van der Waals surface area contributed by atoms with Gasteiger partial charge in [-0.05, 0) is 42.5 Å². The topological polar surface area (TPSA) is 82.5 Å². The van der Waals surface area contributed by atoms with E-state index in [0.29, 0.717) is 22.8 Å². The predicted octanol–water partition coefficient (Wildman–Crippen LogP) is 6.91. The Labute approximate surface area is 212 Å². The van der Waals surface area contributed by atoms with Gasteiger partial charge in [-0.25, -0.2) is 9.37 Å². The van der Waals surface area contributed by atoms with Crippen LogP contribution in [0.25, 0.3) is 43.1 Å². The number of ether oxygens (including phenoxy) is 1. The van der Waals surface area contributed by atoms with Crippen LogP contribution in [0.2, 0.25) is 0 Å². The minimum Gasteiger partial charge on any atom is -0.463 e. The van der Waals surface area contributed by atoms with Gasteiger partial charge in [0.25, 0.3) is 0 Å². The maximum absolute atomic E-state index is 14.4. The summed E-state index contributed by atoms with van der Waals surface area (Å²) >= 11 is 1.51. The fourth-order valence-corrected chi connectivity index (χ4v) is 5.72. The number of rotatable bonds is 3. The standard InChI is InChI=1S/C29H16FNO5S/c30-19-6-2-1-5-15(19)18-14-34-28-16(27(18)33)9-10-22-26(28)17(13-25(32)36-22)21-11-12-23(35-21)29-31-20-7-3-4-8-24(20)37-29/h1-12,14,17H,13H2/t17-/m0/s1. The molecular formula is C29H16FNO5S. The Kier molecular flexibility index (Phi) is 4.84. The summed E-state index contributed by atoms with van der Waals surface area (Å²) < 4.78 is 33.1. The van der Waals surface area contributed by atoms with Crippen LogP contribution in [0, 0.1) is 5.82 Å². The molecule has 1 aliphatic rings. The minimum absolute atomic E-state index is 0.0116. The van der Waals surface area contributed by atoms with Gasteiger partial charge in [-0.1, -0.05) is 30.3 Å². The molecule has 4 heterocycles. The van der Waals surface area contributed by atoms with Crippen molar-refractivity contribution in [3.05, 3.63) is 106 Å². The van der Waals surface area contributed by atoms with E-state index < -0.39 is 17.7 Å². The van der Waals surface area contributed by atoms with Crippen LogP contribution in [-0.4, -0.2) is 11.0 Å². The van der Waals surface area contributed by atoms with Gasteiger partial charge in [-0.15, -0.1) is 11.3 Å². The third-order valence-corrected chi connectivity index (χ3v) is 7.57. The zero-order chi connectivity index (χ0) is 25.1. The van der Waals surface area contributed by atoms with Crippen LogP contribution < -0.4 is 10.2 Å². The van der Waals surface area contributed by atoms with Crippen molar-refractivity contribution >= 4 is 38.5 Å². The Morgan fingerprint density at radius 3 is 2.62 bits per heavy atom. The van der Waals surface area contributed by atoms with E-state index in [9.17, 15) is 14.0 Å². The van der Waals surface area contributed by atoms with Crippen molar-refractivity contribution in [1.29, 1.82) is 0 Å². The summed E-state index contributed by atoms with van der Waals surface area (Å²) in [5.74, 6) is -0.0586. The highest BCUT2D eigenvalue weighted by atomic mass is 32.1. The van der Waals surface area contributed by atoms with Crippen molar-refractivity contribution in [2.75, 3.05) is 0 Å². The minimum atomic E-state index is -0.537. The lowest BCUT2D eigenvalue weighted by Crippen LogP contribution is -2.21. The van der Waals surface area contributed by atoms with E-state index in [0.717, 1.165) is 15.2 Å². The summed E-state index contributed by atoms with van der Waals surface area (Å²) in [6, 6.07) is 20.6. The van der Waals surface area contributed by atoms with Gasteiger partial charge in [0.05, 0.1) is 33.5 Å². The lowest BCUT2D eigenvalue weighted by atomic mass is 9.88. The summed E-state index contributed by atoms with van der Waals surface area (Å²) in [6.45, 7) is 0. The number of hydrogen-bond donors (Lipinski definition) is 0. The van der Waals surface area contributed by atoms with Crippen LogP contribution >= 0.6 is 11.3 Å². The molecule has 0 spiro atoms. The van der Waals surface area contributed by atoms with Crippen molar-refractivity contribution in [3.63, 3.8) is 0 Å². The Bertz CT molecular complexity index is 1880. The highest BCUT2D eigenvalue weighted by Crippen LogP contribution is 2.44. The molecule has 37 heavy (non-hydrogen) atoms. The van der Waals surface area contributed by atoms with E-state index in [1.165, 1.54) is 35.8 Å². The first-order valence-electron chi connectivity index (χ1n) is 11.6. The van der Waals surface area contributed by atoms with Crippen LogP contribution in [0.4, 0.5) is 4.39 Å². The van der Waals surface area contributed by atoms with E-state index in [-0.39, 0.29) is 33.9 Å². The number of furan rings is 1. The Hall–Kier alpha value is -4.56. The van der Waals surface area contributed by atoms with Crippen LogP contribution in [0.5, 0.6) is 5.75 Å². The van der Waals surface area contributed by atoms with E-state index in [2.05, 4.69) is 4.98 Å². The first kappa shape index (κ1) is 21.7. The first-order chi connectivity index (χ1) is 18.1. The number of fused-ring (bicyclic) bond motifs is 4. The number of nitrogens with zero attached hydrogens (tertiary/aromatic N) is 1. The van der Waals surface area contributed by atoms with E-state index >= 15 is 0 Å². The van der Waals surface area contributed by atoms with Gasteiger partial charge in [-0.3, -0.25) is 9.59 Å². The molecule has 0 bridgehead atoms. The molecule has 0 aliphatic carbocycles. The van der Waals surface area contributed by atoms with Crippen molar-refractivity contribution in [2.45, 2.75) is 12.3 Å². The fourth-order valence-electron chi connectivity index (χ4n) is 4.80. The molecule has 180 valence electrons. The zero-order valence-electron chi connectivity index (χ0n) is 19.1. The van der Waals surface area contributed by atoms with Crippen molar-refractivity contribution in [2.24, 2.45) is 0 Å². The highest BCUT2D eigenvalue weighted by molar-refractivity contribution is 7.21. The largest absolute Gasteiger partial charge is 0.463 e. The molecule has 3 aromatic heterocycles. The lowest BCUT2D eigenvalue weighted by molar-refractivity contribution is -0.135. The number of hydrogen-bond acceptors (Lipinski definition) is 7. The monoisotopic (exact) mass is 509 g/mol. The summed E-state index contributed by atoms with van der Waals surface area (Å²) in [6.07, 6.45) is 1.27. The van der Waals surface area contributed by atoms with Crippen molar-refractivity contribution in [1.82, 2.24) is 4.98 Å². The normalized spacial score (nSPS) is 15.2. The molecular weight excluding hydrogens is 493 g/mol. The number of halogens is 1. The van der Waals surface area contributed by atoms with Crippen molar-refractivity contribution < 1.29 is 22.8 Å². The number of aromatic nitrogens is 1. The Balaban J connectivity index is 1.37. The molecule has 0 radical (unpaired) electrons. The summed E-state index contributed by atoms with van der Waals surface area (Å²) in [5, 5.41) is 0.991. The van der Waals surface area contributed by atoms with Gasteiger partial charge < -0.3 is 13.6 Å². The zero-order valence-corrected chi connectivity index (χ0v) is 19.9. The number of carbonyl (C=O) groups excluding carboxylic acids is 1. The summed E-state index contributed by atoms with van der Waals surface area (Å²) in [4.78, 5) is 30.5. The Morgan fingerprint density at radius 1 is 0.919 bits per heavy atom. The number of esters is 1. The van der Waals surface area contributed by atoms with Crippen LogP contribution in [0.15, 0.2) is 92.7 Å². The summed E-state index contributed by atoms with van der Waals surface area (Å²) in [7, 11) is 0. The number of para-hydroxylation sites is 1. The van der Waals surface area contributed by atoms with E-state index in [4.69, 9.17) is 13.6 Å². The Morgan fingerprint density at radius 2 is 1.76 bits per heavy atom. The van der Waals surface area contributed by atoms with Gasteiger partial charge >= 0.3 is 5.97 Å². The average molecular weight is 510 g/mol. The smallest absolute Gasteiger partial charge is 0.312 e. The number of carbonyl (C=O) groups is 1. The molecule has 8 heteroatoms. The second kappa shape index (κ2) is 8.25. The molecule has 7 rings (SSSR count). The molecule has 0 unspecified atom stereocenters. The van der Waals surface area contributed by atoms with Gasteiger partial charge in [0.15, 0.2) is 10.8 Å². The van der Waals surface area contributed by atoms with Gasteiger partial charge in [0, 0.05) is 11.1 Å². The predicted molar refractivity (Wildman–Crippen MR) is 137 cm³/mol. The van der Waals surface area contributed by atoms with Crippen LogP contribution in [0.3, 0.4) is 0 Å². The molecule has 6 nitrogen and oxygen atoms in total. The van der Waals surface area contributed by atoms with Crippen LogP contribution in [-0.2, 0) is 4.79 Å². The van der Waals surface area contributed by atoms with Gasteiger partial charge in [0.2, 0.25) is 5.43 Å². The molecule has 0 amide bonds. The average Bonchev–Trinajstić information content (AvgIpc) is 3.56. The maximum Gasteiger partial charge on any atom is 0.312 e. The fraction of sp³-hybridized carbons (Fsp3) is 0.0690. The first-order valence-corrected chi connectivity index (χ1v) is 12.4. The molecule has 3 aromatic carbocycles. The third kappa shape index (κ3) is 3.48. The summed E-state index contributed by atoms with van der Waals surface area (Å²) in [5.41, 5.74) is 1.60. The molecule has 0 N–H and O–H groups in total. The SMILES string of the molecule is O=C1C[C@@H](c2ccc(-c3nc4ccccc4s3)o2)c2c(ccc3c(=O)c(-c4ccccc4F)coc23)O1. The second-order valence-electron chi connectivity index (χ2n) is 8.73. The third-order valence-electron chi connectivity index (χ3n) is 6.52. The van der Waals surface area contributed by atoms with E-state index in [1.54, 1.807) is 24.3 Å². The maximum atomic E-state index is 14.4. The second-order valence-corrected chi connectivity index (χ2v) is 9.76. The van der Waals surface area contributed by atoms with Crippen LogP contribution in [0.1, 0.15) is 23.7 Å². The quantitative estimate of drug-likeness (QED) is 0.190. The van der Waals surface area contributed by atoms with Gasteiger partial charge in [0.1, 0.15) is 29.2 Å². The van der Waals surface area contributed by atoms with E-state index in [1.807, 2.05) is 30.3 Å². The molecule has 1 aliphatic heterocycles. The molecule has 0 saturated carbocycles. The molecule has 0 saturated heterocycles. The highest BCUT2D eigenvalue weighted by Gasteiger charge is 2.34. The molecule has 6 aromatic rings. The lowest BCUT2D eigenvalue weighted by Gasteiger charge is -2.23. The van der Waals surface area contributed by atoms with Gasteiger partial charge in [-0.2, -0.15) is 0 Å². The number of thiazole rings is 1. The number of benzene rings is 3. The molecule has 1 atom stereocenters. The van der Waals surface area contributed by atoms with Crippen molar-refractivity contribution in [3.8, 4) is 27.6 Å².